The first-order chi connectivity index (χ1) is 13.5. The van der Waals surface area contributed by atoms with Crippen molar-refractivity contribution in [2.45, 2.75) is 39.8 Å². The van der Waals surface area contributed by atoms with Crippen LogP contribution in [0, 0.1) is 6.92 Å². The van der Waals surface area contributed by atoms with E-state index in [1.54, 1.807) is 22.9 Å². The van der Waals surface area contributed by atoms with E-state index in [2.05, 4.69) is 15.4 Å². The zero-order valence-electron chi connectivity index (χ0n) is 15.9. The van der Waals surface area contributed by atoms with E-state index < -0.39 is 5.91 Å². The van der Waals surface area contributed by atoms with Crippen molar-refractivity contribution in [2.24, 2.45) is 5.73 Å². The molecule has 4 rings (SSSR count). The summed E-state index contributed by atoms with van der Waals surface area (Å²) in [5, 5.41) is 7.21. The molecule has 0 fully saturated rings. The minimum absolute atomic E-state index is 0.284. The van der Waals surface area contributed by atoms with E-state index in [-0.39, 0.29) is 5.91 Å². The molecule has 0 radical (unpaired) electrons. The number of aromatic nitrogens is 4. The summed E-state index contributed by atoms with van der Waals surface area (Å²) in [6.45, 7) is 5.61. The van der Waals surface area contributed by atoms with Gasteiger partial charge >= 0.3 is 0 Å². The number of aryl methyl sites for hydroxylation is 3. The van der Waals surface area contributed by atoms with Crippen LogP contribution in [-0.2, 0) is 13.1 Å². The Kier molecular flexibility index (Phi) is 4.50. The molecule has 2 aromatic heterocycles. The maximum absolute atomic E-state index is 12.9. The number of anilines is 1. The number of ether oxygens (including phenoxy) is 1. The fraction of sp³-hybridized carbons (Fsp3) is 0.368. The van der Waals surface area contributed by atoms with E-state index >= 15 is 0 Å². The summed E-state index contributed by atoms with van der Waals surface area (Å²) in [5.74, 6) is 0.128. The summed E-state index contributed by atoms with van der Waals surface area (Å²) in [6, 6.07) is 5.00. The van der Waals surface area contributed by atoms with Gasteiger partial charge in [-0.25, -0.2) is 4.98 Å². The molecule has 9 heteroatoms. The molecule has 9 nitrogen and oxygen atoms in total. The second-order valence-electron chi connectivity index (χ2n) is 6.79. The summed E-state index contributed by atoms with van der Waals surface area (Å²) in [4.78, 5) is 29.1. The summed E-state index contributed by atoms with van der Waals surface area (Å²) >= 11 is 0. The van der Waals surface area contributed by atoms with Crippen molar-refractivity contribution >= 4 is 28.8 Å². The van der Waals surface area contributed by atoms with Gasteiger partial charge in [0, 0.05) is 18.7 Å². The number of imidazole rings is 1. The lowest BCUT2D eigenvalue weighted by molar-refractivity contribution is 0.0995. The van der Waals surface area contributed by atoms with E-state index in [4.69, 9.17) is 10.5 Å². The first-order valence-corrected chi connectivity index (χ1v) is 9.30. The molecule has 28 heavy (non-hydrogen) atoms. The molecular formula is C19H22N6O3. The number of primary amides is 1. The molecular weight excluding hydrogens is 360 g/mol. The van der Waals surface area contributed by atoms with Gasteiger partial charge in [-0.05, 0) is 44.9 Å². The average Bonchev–Trinajstić information content (AvgIpc) is 3.18. The van der Waals surface area contributed by atoms with Crippen molar-refractivity contribution in [1.82, 2.24) is 19.3 Å². The number of amides is 2. The molecule has 1 aliphatic heterocycles. The largest absolute Gasteiger partial charge is 0.491 e. The smallest absolute Gasteiger partial charge is 0.276 e. The average molecular weight is 382 g/mol. The lowest BCUT2D eigenvalue weighted by Crippen LogP contribution is -2.20. The van der Waals surface area contributed by atoms with Crippen LogP contribution >= 0.6 is 0 Å². The first kappa shape index (κ1) is 18.0. The Labute approximate surface area is 161 Å². The van der Waals surface area contributed by atoms with Gasteiger partial charge < -0.3 is 15.0 Å². The van der Waals surface area contributed by atoms with Gasteiger partial charge in [0.05, 0.1) is 17.8 Å². The zero-order chi connectivity index (χ0) is 19.8. The van der Waals surface area contributed by atoms with E-state index in [1.165, 1.54) is 0 Å². The highest BCUT2D eigenvalue weighted by Crippen LogP contribution is 2.32. The number of hydrogen-bond donors (Lipinski definition) is 2. The van der Waals surface area contributed by atoms with Crippen molar-refractivity contribution in [2.75, 3.05) is 11.9 Å². The molecule has 3 N–H and O–H groups in total. The summed E-state index contributed by atoms with van der Waals surface area (Å²) in [5.41, 5.74) is 8.32. The van der Waals surface area contributed by atoms with Gasteiger partial charge in [-0.2, -0.15) is 5.10 Å². The van der Waals surface area contributed by atoms with Crippen molar-refractivity contribution in [3.8, 4) is 5.75 Å². The molecule has 0 spiro atoms. The first-order valence-electron chi connectivity index (χ1n) is 9.30. The minimum atomic E-state index is -0.550. The van der Waals surface area contributed by atoms with Gasteiger partial charge in [0.2, 0.25) is 11.9 Å². The van der Waals surface area contributed by atoms with Crippen LogP contribution in [0.3, 0.4) is 0 Å². The molecule has 3 aromatic rings. The van der Waals surface area contributed by atoms with E-state index in [1.807, 2.05) is 18.4 Å². The quantitative estimate of drug-likeness (QED) is 0.716. The summed E-state index contributed by atoms with van der Waals surface area (Å²) < 4.78 is 9.41. The van der Waals surface area contributed by atoms with E-state index in [0.29, 0.717) is 48.2 Å². The van der Waals surface area contributed by atoms with Crippen LogP contribution in [0.1, 0.15) is 46.3 Å². The van der Waals surface area contributed by atoms with Gasteiger partial charge in [0.25, 0.3) is 5.91 Å². The highest BCUT2D eigenvalue weighted by molar-refractivity contribution is 6.04. The number of rotatable bonds is 4. The van der Waals surface area contributed by atoms with Crippen molar-refractivity contribution < 1.29 is 14.3 Å². The van der Waals surface area contributed by atoms with E-state index in [0.717, 1.165) is 24.1 Å². The maximum Gasteiger partial charge on any atom is 0.276 e. The standard InChI is InChI=1S/C19H22N6O3/c1-3-25-14(8-11(2)23-25)18(27)22-19-21-13-9-12(17(20)26)10-15-16(13)24(19)6-4-5-7-28-15/h8-10H,3-7H2,1-2H3,(H2,20,26)(H,21,22,27). The Morgan fingerprint density at radius 3 is 2.86 bits per heavy atom. The predicted molar refractivity (Wildman–Crippen MR) is 104 cm³/mol. The number of carbonyl (C=O) groups excluding carboxylic acids is 2. The van der Waals surface area contributed by atoms with Crippen LogP contribution in [0.15, 0.2) is 18.2 Å². The Bertz CT molecular complexity index is 1080. The van der Waals surface area contributed by atoms with Crippen LogP contribution in [0.4, 0.5) is 5.95 Å². The van der Waals surface area contributed by atoms with Crippen LogP contribution < -0.4 is 15.8 Å². The third kappa shape index (κ3) is 3.08. The Hall–Kier alpha value is -3.36. The number of benzene rings is 1. The number of carbonyl (C=O) groups is 2. The number of nitrogens with two attached hydrogens (primary N) is 1. The molecule has 2 amide bonds. The topological polar surface area (TPSA) is 117 Å². The maximum atomic E-state index is 12.9. The van der Waals surface area contributed by atoms with Crippen molar-refractivity contribution in [3.05, 3.63) is 35.2 Å². The van der Waals surface area contributed by atoms with Gasteiger partial charge in [0.1, 0.15) is 17.0 Å². The van der Waals surface area contributed by atoms with Gasteiger partial charge in [-0.15, -0.1) is 0 Å². The molecule has 0 bridgehead atoms. The zero-order valence-corrected chi connectivity index (χ0v) is 15.9. The van der Waals surface area contributed by atoms with Crippen LogP contribution in [0.5, 0.6) is 5.75 Å². The van der Waals surface area contributed by atoms with Crippen LogP contribution in [-0.4, -0.2) is 37.8 Å². The van der Waals surface area contributed by atoms with Gasteiger partial charge in [0.15, 0.2) is 0 Å². The summed E-state index contributed by atoms with van der Waals surface area (Å²) in [6.07, 6.45) is 1.74. The minimum Gasteiger partial charge on any atom is -0.491 e. The molecule has 3 heterocycles. The monoisotopic (exact) mass is 382 g/mol. The fourth-order valence-corrected chi connectivity index (χ4v) is 3.48. The molecule has 1 aromatic carbocycles. The lowest BCUT2D eigenvalue weighted by atomic mass is 10.1. The fourth-order valence-electron chi connectivity index (χ4n) is 3.48. The van der Waals surface area contributed by atoms with Gasteiger partial charge in [-0.1, -0.05) is 0 Å². The second kappa shape index (κ2) is 6.99. The third-order valence-electron chi connectivity index (χ3n) is 4.78. The summed E-state index contributed by atoms with van der Waals surface area (Å²) in [7, 11) is 0. The number of nitrogens with zero attached hydrogens (tertiary/aromatic N) is 4. The normalized spacial score (nSPS) is 13.6. The molecule has 0 saturated heterocycles. The van der Waals surface area contributed by atoms with Crippen molar-refractivity contribution in [1.29, 1.82) is 0 Å². The Morgan fingerprint density at radius 1 is 1.29 bits per heavy atom. The number of nitrogens with one attached hydrogen (secondary N) is 1. The predicted octanol–water partition coefficient (Wildman–Crippen LogP) is 2.08. The highest BCUT2D eigenvalue weighted by Gasteiger charge is 2.22. The Balaban J connectivity index is 1.80. The van der Waals surface area contributed by atoms with Crippen molar-refractivity contribution in [3.63, 3.8) is 0 Å². The van der Waals surface area contributed by atoms with Crippen LogP contribution in [0.2, 0.25) is 0 Å². The second-order valence-corrected chi connectivity index (χ2v) is 6.79. The lowest BCUT2D eigenvalue weighted by Gasteiger charge is -2.16. The number of hydrogen-bond acceptors (Lipinski definition) is 5. The molecule has 0 aliphatic carbocycles. The molecule has 1 aliphatic rings. The van der Waals surface area contributed by atoms with E-state index in [9.17, 15) is 9.59 Å². The molecule has 0 unspecified atom stereocenters. The van der Waals surface area contributed by atoms with Crippen LogP contribution in [0.25, 0.3) is 11.0 Å². The Morgan fingerprint density at radius 2 is 2.11 bits per heavy atom. The molecule has 146 valence electrons. The third-order valence-corrected chi connectivity index (χ3v) is 4.78. The van der Waals surface area contributed by atoms with Gasteiger partial charge in [-0.3, -0.25) is 19.6 Å². The SMILES string of the molecule is CCn1nc(C)cc1C(=O)Nc1nc2cc(C(N)=O)cc3c2n1CCCCO3. The molecule has 0 saturated carbocycles. The highest BCUT2D eigenvalue weighted by atomic mass is 16.5. The molecule has 0 atom stereocenters.